The molecule has 0 aliphatic rings. The van der Waals surface area contributed by atoms with Gasteiger partial charge in [-0.2, -0.15) is 0 Å². The van der Waals surface area contributed by atoms with Crippen molar-refractivity contribution in [2.24, 2.45) is 0 Å². The molecule has 0 aliphatic carbocycles. The molecular formula is C14H14NO3Si. The van der Waals surface area contributed by atoms with Gasteiger partial charge in [-0.1, -0.05) is 42.5 Å². The second kappa shape index (κ2) is 6.26. The zero-order valence-electron chi connectivity index (χ0n) is 10.6. The van der Waals surface area contributed by atoms with Gasteiger partial charge in [0.25, 0.3) is 5.69 Å². The molecule has 0 bridgehead atoms. The zero-order chi connectivity index (χ0) is 13.7. The highest BCUT2D eigenvalue weighted by atomic mass is 28.3. The largest absolute Gasteiger partial charge is 0.407 e. The van der Waals surface area contributed by atoms with E-state index in [9.17, 15) is 10.1 Å². The Kier molecular flexibility index (Phi) is 4.43. The second-order valence-electron chi connectivity index (χ2n) is 4.10. The maximum Gasteiger partial charge on any atom is 0.274 e. The van der Waals surface area contributed by atoms with E-state index in [0.717, 1.165) is 5.19 Å². The summed E-state index contributed by atoms with van der Waals surface area (Å²) in [5.74, 6) is 0. The second-order valence-corrected chi connectivity index (χ2v) is 6.08. The third-order valence-corrected chi connectivity index (χ3v) is 4.54. The Bertz CT molecular complexity index is 560. The predicted molar refractivity (Wildman–Crippen MR) is 75.6 cm³/mol. The Morgan fingerprint density at radius 1 is 1.11 bits per heavy atom. The van der Waals surface area contributed by atoms with Crippen LogP contribution in [0, 0.1) is 10.1 Å². The van der Waals surface area contributed by atoms with Gasteiger partial charge >= 0.3 is 0 Å². The maximum absolute atomic E-state index is 10.9. The summed E-state index contributed by atoms with van der Waals surface area (Å²) < 4.78 is 5.80. The smallest absolute Gasteiger partial charge is 0.274 e. The zero-order valence-corrected chi connectivity index (χ0v) is 11.6. The van der Waals surface area contributed by atoms with Crippen molar-refractivity contribution in [3.63, 3.8) is 0 Å². The van der Waals surface area contributed by atoms with E-state index in [4.69, 9.17) is 4.43 Å². The Labute approximate surface area is 113 Å². The molecule has 0 heterocycles. The first-order valence-electron chi connectivity index (χ1n) is 5.92. The van der Waals surface area contributed by atoms with Crippen molar-refractivity contribution in [3.05, 3.63) is 70.3 Å². The molecule has 4 nitrogen and oxygen atoms in total. The molecule has 1 radical (unpaired) electrons. The van der Waals surface area contributed by atoms with E-state index < -0.39 is 9.04 Å². The van der Waals surface area contributed by atoms with Gasteiger partial charge in [0.05, 0.1) is 17.1 Å². The summed E-state index contributed by atoms with van der Waals surface area (Å²) in [5.41, 5.74) is 0.734. The molecule has 5 heteroatoms. The lowest BCUT2D eigenvalue weighted by molar-refractivity contribution is -0.385. The quantitative estimate of drug-likeness (QED) is 0.477. The Morgan fingerprint density at radius 2 is 1.74 bits per heavy atom. The first kappa shape index (κ1) is 13.4. The number of rotatable bonds is 5. The molecule has 0 saturated carbocycles. The number of benzene rings is 2. The van der Waals surface area contributed by atoms with Crippen LogP contribution >= 0.6 is 0 Å². The molecule has 19 heavy (non-hydrogen) atoms. The van der Waals surface area contributed by atoms with Crippen molar-refractivity contribution >= 4 is 19.9 Å². The number of para-hydroxylation sites is 1. The summed E-state index contributed by atoms with van der Waals surface area (Å²) >= 11 is 0. The molecule has 97 valence electrons. The fraction of sp³-hybridized carbons (Fsp3) is 0.143. The lowest BCUT2D eigenvalue weighted by Gasteiger charge is -2.11. The number of hydrogen-bond acceptors (Lipinski definition) is 3. The summed E-state index contributed by atoms with van der Waals surface area (Å²) in [5, 5.41) is 12.1. The van der Waals surface area contributed by atoms with Crippen LogP contribution in [0.5, 0.6) is 0 Å². The van der Waals surface area contributed by atoms with Crippen molar-refractivity contribution < 1.29 is 9.35 Å². The van der Waals surface area contributed by atoms with E-state index in [1.807, 2.05) is 36.9 Å². The minimum absolute atomic E-state index is 0.116. The van der Waals surface area contributed by atoms with Crippen LogP contribution in [0.2, 0.25) is 6.55 Å². The van der Waals surface area contributed by atoms with Crippen LogP contribution in [0.4, 0.5) is 5.69 Å². The first-order chi connectivity index (χ1) is 9.18. The van der Waals surface area contributed by atoms with Crippen LogP contribution in [0.15, 0.2) is 54.6 Å². The van der Waals surface area contributed by atoms with Crippen molar-refractivity contribution in [1.82, 2.24) is 0 Å². The fourth-order valence-corrected chi connectivity index (χ4v) is 2.95. The van der Waals surface area contributed by atoms with Gasteiger partial charge < -0.3 is 4.43 Å². The van der Waals surface area contributed by atoms with E-state index in [1.54, 1.807) is 18.2 Å². The van der Waals surface area contributed by atoms with E-state index in [2.05, 4.69) is 0 Å². The average molecular weight is 272 g/mol. The van der Waals surface area contributed by atoms with Gasteiger partial charge in [-0.15, -0.1) is 0 Å². The third kappa shape index (κ3) is 3.49. The predicted octanol–water partition coefficient (Wildman–Crippen LogP) is 2.64. The van der Waals surface area contributed by atoms with Crippen LogP contribution in [-0.4, -0.2) is 14.0 Å². The van der Waals surface area contributed by atoms with Crippen molar-refractivity contribution in [2.75, 3.05) is 0 Å². The molecular weight excluding hydrogens is 258 g/mol. The molecule has 2 aromatic carbocycles. The van der Waals surface area contributed by atoms with Gasteiger partial charge in [-0.25, -0.2) is 0 Å². The molecule has 0 unspecified atom stereocenters. The SMILES string of the molecule is C[Si](OCc1ccccc1[N+](=O)[O-])c1ccccc1. The summed E-state index contributed by atoms with van der Waals surface area (Å²) in [6.07, 6.45) is 0. The van der Waals surface area contributed by atoms with Gasteiger partial charge in [-0.3, -0.25) is 10.1 Å². The fourth-order valence-electron chi connectivity index (χ4n) is 1.75. The minimum Gasteiger partial charge on any atom is -0.407 e. The number of hydrogen-bond donors (Lipinski definition) is 0. The van der Waals surface area contributed by atoms with Gasteiger partial charge in [-0.05, 0) is 17.8 Å². The van der Waals surface area contributed by atoms with E-state index in [1.165, 1.54) is 6.07 Å². The normalized spacial score (nSPS) is 10.6. The first-order valence-corrected chi connectivity index (χ1v) is 7.83. The summed E-state index contributed by atoms with van der Waals surface area (Å²) in [6, 6.07) is 16.6. The minimum atomic E-state index is -1.13. The van der Waals surface area contributed by atoms with Gasteiger partial charge in [0.1, 0.15) is 0 Å². The molecule has 0 spiro atoms. The highest BCUT2D eigenvalue weighted by Gasteiger charge is 2.15. The number of nitro benzene ring substituents is 1. The standard InChI is InChI=1S/C14H14NO3Si/c1-19(13-8-3-2-4-9-13)18-11-12-7-5-6-10-14(12)15(16)17/h2-10H,11H2,1H3. The van der Waals surface area contributed by atoms with Crippen LogP contribution in [0.25, 0.3) is 0 Å². The molecule has 0 aromatic heterocycles. The maximum atomic E-state index is 10.9. The average Bonchev–Trinajstić information content (AvgIpc) is 2.46. The Hall–Kier alpha value is -1.98. The lowest BCUT2D eigenvalue weighted by Crippen LogP contribution is -2.29. The lowest BCUT2D eigenvalue weighted by atomic mass is 10.2. The summed E-state index contributed by atoms with van der Waals surface area (Å²) in [7, 11) is -1.13. The van der Waals surface area contributed by atoms with Crippen LogP contribution < -0.4 is 5.19 Å². The highest BCUT2D eigenvalue weighted by Crippen LogP contribution is 2.18. The van der Waals surface area contributed by atoms with Crippen molar-refractivity contribution in [1.29, 1.82) is 0 Å². The van der Waals surface area contributed by atoms with Gasteiger partial charge in [0.15, 0.2) is 0 Å². The third-order valence-electron chi connectivity index (χ3n) is 2.81. The summed E-state index contributed by atoms with van der Waals surface area (Å²) in [4.78, 5) is 10.5. The van der Waals surface area contributed by atoms with Crippen molar-refractivity contribution in [2.45, 2.75) is 13.2 Å². The van der Waals surface area contributed by atoms with Gasteiger partial charge in [0, 0.05) is 6.07 Å². The molecule has 0 amide bonds. The molecule has 0 atom stereocenters. The Balaban J connectivity index is 2.05. The van der Waals surface area contributed by atoms with E-state index in [0.29, 0.717) is 5.56 Å². The molecule has 0 N–H and O–H groups in total. The molecule has 0 aliphatic heterocycles. The van der Waals surface area contributed by atoms with Crippen molar-refractivity contribution in [3.8, 4) is 0 Å². The Morgan fingerprint density at radius 3 is 2.42 bits per heavy atom. The highest BCUT2D eigenvalue weighted by molar-refractivity contribution is 6.66. The molecule has 2 aromatic rings. The van der Waals surface area contributed by atoms with Gasteiger partial charge in [0.2, 0.25) is 9.04 Å². The number of nitro groups is 1. The molecule has 2 rings (SSSR count). The van der Waals surface area contributed by atoms with Crippen LogP contribution in [0.3, 0.4) is 0 Å². The van der Waals surface area contributed by atoms with E-state index >= 15 is 0 Å². The topological polar surface area (TPSA) is 52.4 Å². The van der Waals surface area contributed by atoms with E-state index in [-0.39, 0.29) is 17.2 Å². The molecule has 0 fully saturated rings. The van der Waals surface area contributed by atoms with Crippen LogP contribution in [-0.2, 0) is 11.0 Å². The number of nitrogens with zero attached hydrogens (tertiary/aromatic N) is 1. The molecule has 0 saturated heterocycles. The monoisotopic (exact) mass is 272 g/mol. The summed E-state index contributed by atoms with van der Waals surface area (Å²) in [6.45, 7) is 2.31. The van der Waals surface area contributed by atoms with Crippen LogP contribution in [0.1, 0.15) is 5.56 Å².